The third kappa shape index (κ3) is 4.19. The Balaban J connectivity index is 1.53. The van der Waals surface area contributed by atoms with Crippen molar-refractivity contribution in [2.75, 3.05) is 11.1 Å². The summed E-state index contributed by atoms with van der Waals surface area (Å²) >= 11 is 5.76. The number of rotatable bonds is 5. The van der Waals surface area contributed by atoms with Gasteiger partial charge in [-0.15, -0.1) is 0 Å². The van der Waals surface area contributed by atoms with Crippen molar-refractivity contribution >= 4 is 71.2 Å². The molecule has 0 aliphatic heterocycles. The Morgan fingerprint density at radius 3 is 2.83 bits per heavy atom. The number of benzene rings is 2. The molecule has 1 amide bonds. The van der Waals surface area contributed by atoms with Crippen LogP contribution in [0.3, 0.4) is 0 Å². The molecule has 1 N–H and O–H groups in total. The van der Waals surface area contributed by atoms with Crippen molar-refractivity contribution in [3.05, 3.63) is 57.0 Å². The Labute approximate surface area is 181 Å². The lowest BCUT2D eigenvalue weighted by Gasteiger charge is -2.11. The van der Waals surface area contributed by atoms with Crippen LogP contribution in [0.2, 0.25) is 0 Å². The van der Waals surface area contributed by atoms with Crippen LogP contribution in [0.4, 0.5) is 9.52 Å². The van der Waals surface area contributed by atoms with Crippen molar-refractivity contribution in [2.24, 2.45) is 0 Å². The Morgan fingerprint density at radius 2 is 2.03 bits per heavy atom. The summed E-state index contributed by atoms with van der Waals surface area (Å²) < 4.78 is 16.3. The van der Waals surface area contributed by atoms with Crippen LogP contribution >= 0.6 is 39.0 Å². The fraction of sp³-hybridized carbons (Fsp3) is 0.158. The van der Waals surface area contributed by atoms with Crippen molar-refractivity contribution in [1.82, 2.24) is 14.5 Å². The molecule has 0 saturated carbocycles. The molecule has 0 saturated heterocycles. The van der Waals surface area contributed by atoms with Crippen LogP contribution in [0.15, 0.2) is 50.8 Å². The lowest BCUT2D eigenvalue weighted by atomic mass is 10.2. The van der Waals surface area contributed by atoms with E-state index in [1.807, 2.05) is 13.0 Å². The average Bonchev–Trinajstić information content (AvgIpc) is 3.08. The van der Waals surface area contributed by atoms with Gasteiger partial charge in [0.1, 0.15) is 5.82 Å². The van der Waals surface area contributed by atoms with Crippen molar-refractivity contribution in [3.63, 3.8) is 0 Å². The summed E-state index contributed by atoms with van der Waals surface area (Å²) in [5.74, 6) is -0.553. The predicted octanol–water partition coefficient (Wildman–Crippen LogP) is 4.66. The number of thioether (sulfide) groups is 1. The molecule has 4 rings (SSSR count). The molecule has 0 radical (unpaired) electrons. The molecule has 0 atom stereocenters. The summed E-state index contributed by atoms with van der Waals surface area (Å²) in [4.78, 5) is 33.9. The predicted molar refractivity (Wildman–Crippen MR) is 118 cm³/mol. The van der Waals surface area contributed by atoms with E-state index in [-0.39, 0.29) is 23.0 Å². The van der Waals surface area contributed by atoms with Crippen molar-refractivity contribution in [3.8, 4) is 0 Å². The number of amides is 1. The molecule has 148 valence electrons. The third-order valence-corrected chi connectivity index (χ3v) is 6.53. The van der Waals surface area contributed by atoms with Gasteiger partial charge < -0.3 is 5.32 Å². The lowest BCUT2D eigenvalue weighted by Crippen LogP contribution is -2.23. The van der Waals surface area contributed by atoms with E-state index >= 15 is 0 Å². The number of nitrogens with one attached hydrogen (secondary N) is 1. The van der Waals surface area contributed by atoms with Crippen LogP contribution in [0.1, 0.15) is 6.92 Å². The highest BCUT2D eigenvalue weighted by molar-refractivity contribution is 9.10. The van der Waals surface area contributed by atoms with E-state index in [1.165, 1.54) is 35.2 Å². The highest BCUT2D eigenvalue weighted by Gasteiger charge is 2.14. The van der Waals surface area contributed by atoms with E-state index in [9.17, 15) is 14.0 Å². The van der Waals surface area contributed by atoms with Gasteiger partial charge in [-0.3, -0.25) is 14.2 Å². The molecule has 10 heteroatoms. The van der Waals surface area contributed by atoms with Crippen molar-refractivity contribution < 1.29 is 9.18 Å². The summed E-state index contributed by atoms with van der Waals surface area (Å²) in [7, 11) is 0. The minimum Gasteiger partial charge on any atom is -0.301 e. The largest absolute Gasteiger partial charge is 0.301 e. The number of nitrogens with zero attached hydrogens (tertiary/aromatic N) is 3. The molecule has 2 heterocycles. The zero-order valence-electron chi connectivity index (χ0n) is 15.1. The summed E-state index contributed by atoms with van der Waals surface area (Å²) in [5, 5.41) is 4.13. The number of carbonyl (C=O) groups excluding carboxylic acids is 1. The molecule has 0 aliphatic rings. The van der Waals surface area contributed by atoms with Crippen molar-refractivity contribution in [1.29, 1.82) is 0 Å². The molecule has 0 fully saturated rings. The van der Waals surface area contributed by atoms with Crippen LogP contribution in [0.25, 0.3) is 21.1 Å². The van der Waals surface area contributed by atoms with E-state index < -0.39 is 0 Å². The third-order valence-electron chi connectivity index (χ3n) is 4.13. The Morgan fingerprint density at radius 1 is 1.24 bits per heavy atom. The van der Waals surface area contributed by atoms with Crippen LogP contribution in [-0.2, 0) is 11.3 Å². The van der Waals surface area contributed by atoms with E-state index in [1.54, 1.807) is 22.8 Å². The zero-order valence-corrected chi connectivity index (χ0v) is 18.3. The number of hydrogen-bond donors (Lipinski definition) is 1. The molecular formula is C19H14BrFN4O2S2. The standard InChI is InChI=1S/C19H14BrFN4O2S2/c1-2-25-17(27)12-7-10(20)3-5-13(12)23-19(25)28-9-16(26)24-18-22-14-6-4-11(21)8-15(14)29-18/h3-8H,2,9H2,1H3,(H,22,24,26). The fourth-order valence-electron chi connectivity index (χ4n) is 2.80. The normalized spacial score (nSPS) is 11.3. The first-order valence-corrected chi connectivity index (χ1v) is 11.2. The van der Waals surface area contributed by atoms with Gasteiger partial charge in [0.15, 0.2) is 10.3 Å². The summed E-state index contributed by atoms with van der Waals surface area (Å²) in [6.07, 6.45) is 0. The number of anilines is 1. The minimum atomic E-state index is -0.346. The number of aromatic nitrogens is 3. The van der Waals surface area contributed by atoms with Crippen LogP contribution < -0.4 is 10.9 Å². The van der Waals surface area contributed by atoms with Gasteiger partial charge in [0.2, 0.25) is 5.91 Å². The van der Waals surface area contributed by atoms with E-state index in [2.05, 4.69) is 31.2 Å². The zero-order chi connectivity index (χ0) is 20.5. The number of hydrogen-bond acceptors (Lipinski definition) is 6. The maximum Gasteiger partial charge on any atom is 0.262 e. The Hall–Kier alpha value is -2.30. The summed E-state index contributed by atoms with van der Waals surface area (Å²) in [5.41, 5.74) is 1.07. The first-order chi connectivity index (χ1) is 13.9. The van der Waals surface area contributed by atoms with Crippen molar-refractivity contribution in [2.45, 2.75) is 18.6 Å². The summed E-state index contributed by atoms with van der Waals surface area (Å²) in [6, 6.07) is 9.62. The van der Waals surface area contributed by atoms with E-state index in [0.717, 1.165) is 4.47 Å². The van der Waals surface area contributed by atoms with Crippen LogP contribution in [0.5, 0.6) is 0 Å². The SMILES string of the molecule is CCn1c(SCC(=O)Nc2nc3ccc(F)cc3s2)nc2ccc(Br)cc2c1=O. The maximum absolute atomic E-state index is 13.3. The van der Waals surface area contributed by atoms with Gasteiger partial charge in [-0.1, -0.05) is 39.0 Å². The quantitative estimate of drug-likeness (QED) is 0.323. The Bertz CT molecular complexity index is 1300. The molecule has 6 nitrogen and oxygen atoms in total. The van der Waals surface area contributed by atoms with E-state index in [0.29, 0.717) is 38.0 Å². The van der Waals surface area contributed by atoms with Gasteiger partial charge in [-0.05, 0) is 43.3 Å². The maximum atomic E-state index is 13.3. The second-order valence-electron chi connectivity index (χ2n) is 6.07. The minimum absolute atomic E-state index is 0.0682. The van der Waals surface area contributed by atoms with Gasteiger partial charge in [0.05, 0.1) is 26.9 Å². The first-order valence-electron chi connectivity index (χ1n) is 8.63. The topological polar surface area (TPSA) is 76.9 Å². The van der Waals surface area contributed by atoms with Gasteiger partial charge in [-0.25, -0.2) is 14.4 Å². The highest BCUT2D eigenvalue weighted by atomic mass is 79.9. The smallest absolute Gasteiger partial charge is 0.262 e. The number of fused-ring (bicyclic) bond motifs is 2. The Kier molecular flexibility index (Phi) is 5.66. The molecule has 29 heavy (non-hydrogen) atoms. The monoisotopic (exact) mass is 492 g/mol. The second kappa shape index (κ2) is 8.21. The molecule has 4 aromatic rings. The summed E-state index contributed by atoms with van der Waals surface area (Å²) in [6.45, 7) is 2.30. The first kappa shape index (κ1) is 20.0. The average molecular weight is 493 g/mol. The molecule has 0 spiro atoms. The number of thiazole rings is 1. The van der Waals surface area contributed by atoms with Crippen LogP contribution in [0, 0.1) is 5.82 Å². The highest BCUT2D eigenvalue weighted by Crippen LogP contribution is 2.27. The van der Waals surface area contributed by atoms with Gasteiger partial charge >= 0.3 is 0 Å². The van der Waals surface area contributed by atoms with Gasteiger partial charge in [0.25, 0.3) is 5.56 Å². The molecule has 0 bridgehead atoms. The van der Waals surface area contributed by atoms with Gasteiger partial charge in [0, 0.05) is 11.0 Å². The second-order valence-corrected chi connectivity index (χ2v) is 8.96. The molecule has 0 aliphatic carbocycles. The lowest BCUT2D eigenvalue weighted by molar-refractivity contribution is -0.113. The molecule has 2 aromatic heterocycles. The molecular weight excluding hydrogens is 479 g/mol. The molecule has 0 unspecified atom stereocenters. The number of carbonyl (C=O) groups is 1. The van der Waals surface area contributed by atoms with E-state index in [4.69, 9.17) is 0 Å². The fourth-order valence-corrected chi connectivity index (χ4v) is 4.93. The number of halogens is 2. The van der Waals surface area contributed by atoms with Gasteiger partial charge in [-0.2, -0.15) is 0 Å². The molecule has 2 aromatic carbocycles. The van der Waals surface area contributed by atoms with Crippen LogP contribution in [-0.4, -0.2) is 26.2 Å².